The van der Waals surface area contributed by atoms with Gasteiger partial charge in [-0.3, -0.25) is 0 Å². The Balaban J connectivity index is 1.65. The van der Waals surface area contributed by atoms with E-state index in [0.29, 0.717) is 6.54 Å². The molecule has 2 atom stereocenters. The summed E-state index contributed by atoms with van der Waals surface area (Å²) in [7, 11) is 0. The highest BCUT2D eigenvalue weighted by atomic mass is 32.2. The summed E-state index contributed by atoms with van der Waals surface area (Å²) in [5, 5.41) is 15.2. The van der Waals surface area contributed by atoms with Gasteiger partial charge in [-0.2, -0.15) is 11.8 Å². The van der Waals surface area contributed by atoms with Crippen molar-refractivity contribution in [1.29, 1.82) is 0 Å². The van der Waals surface area contributed by atoms with Crippen LogP contribution in [0.25, 0.3) is 0 Å². The zero-order valence-electron chi connectivity index (χ0n) is 8.69. The minimum Gasteiger partial charge on any atom is -0.386 e. The van der Waals surface area contributed by atoms with Crippen molar-refractivity contribution in [3.05, 3.63) is 22.4 Å². The summed E-state index contributed by atoms with van der Waals surface area (Å²) >= 11 is 3.66. The van der Waals surface area contributed by atoms with E-state index in [9.17, 15) is 5.11 Å². The molecule has 2 heterocycles. The lowest BCUT2D eigenvalue weighted by molar-refractivity contribution is 0.177. The second kappa shape index (κ2) is 5.89. The van der Waals surface area contributed by atoms with Gasteiger partial charge >= 0.3 is 0 Å². The van der Waals surface area contributed by atoms with E-state index >= 15 is 0 Å². The summed E-state index contributed by atoms with van der Waals surface area (Å²) < 4.78 is 0. The number of rotatable bonds is 5. The zero-order valence-corrected chi connectivity index (χ0v) is 10.3. The van der Waals surface area contributed by atoms with Gasteiger partial charge in [0.25, 0.3) is 0 Å². The number of aliphatic hydroxyl groups excluding tert-OH is 1. The number of aliphatic hydroxyl groups is 1. The van der Waals surface area contributed by atoms with Crippen LogP contribution in [0.4, 0.5) is 0 Å². The zero-order chi connectivity index (χ0) is 10.5. The van der Waals surface area contributed by atoms with Crippen molar-refractivity contribution in [1.82, 2.24) is 5.32 Å². The number of hydrogen-bond acceptors (Lipinski definition) is 4. The summed E-state index contributed by atoms with van der Waals surface area (Å²) in [6, 6.07) is 3.97. The lowest BCUT2D eigenvalue weighted by atomic mass is 10.1. The van der Waals surface area contributed by atoms with E-state index in [2.05, 4.69) is 5.32 Å². The molecule has 1 fully saturated rings. The first kappa shape index (κ1) is 11.5. The maximum atomic E-state index is 9.83. The van der Waals surface area contributed by atoms with Gasteiger partial charge in [-0.05, 0) is 41.8 Å². The maximum Gasteiger partial charge on any atom is 0.101 e. The van der Waals surface area contributed by atoms with Crippen LogP contribution in [0, 0.1) is 5.92 Å². The molecule has 2 N–H and O–H groups in total. The van der Waals surface area contributed by atoms with E-state index < -0.39 is 0 Å². The average Bonchev–Trinajstić information content (AvgIpc) is 2.90. The summed E-state index contributed by atoms with van der Waals surface area (Å²) in [6.07, 6.45) is 0.992. The molecule has 1 saturated heterocycles. The van der Waals surface area contributed by atoms with Crippen molar-refractivity contribution >= 4 is 23.1 Å². The van der Waals surface area contributed by atoms with E-state index in [1.54, 1.807) is 11.3 Å². The Morgan fingerprint density at radius 1 is 1.60 bits per heavy atom. The van der Waals surface area contributed by atoms with Crippen molar-refractivity contribution < 1.29 is 5.11 Å². The van der Waals surface area contributed by atoms with Gasteiger partial charge in [-0.15, -0.1) is 11.3 Å². The minimum atomic E-state index is -0.334. The standard InChI is InChI=1S/C11H17NOS2/c13-10(11-2-1-4-15-11)7-12-6-9-3-5-14-8-9/h1-2,4,9-10,12-13H,3,5-8H2. The van der Waals surface area contributed by atoms with Crippen molar-refractivity contribution in [2.45, 2.75) is 12.5 Å². The largest absolute Gasteiger partial charge is 0.386 e. The predicted octanol–water partition coefficient (Wildman–Crippen LogP) is 2.12. The Morgan fingerprint density at radius 3 is 3.20 bits per heavy atom. The van der Waals surface area contributed by atoms with Crippen LogP contribution in [0.5, 0.6) is 0 Å². The molecule has 0 bridgehead atoms. The molecule has 0 amide bonds. The number of nitrogens with one attached hydrogen (secondary N) is 1. The topological polar surface area (TPSA) is 32.3 Å². The molecule has 2 rings (SSSR count). The molecule has 0 saturated carbocycles. The van der Waals surface area contributed by atoms with Crippen molar-refractivity contribution in [3.63, 3.8) is 0 Å². The second-order valence-electron chi connectivity index (χ2n) is 3.92. The van der Waals surface area contributed by atoms with Crippen LogP contribution >= 0.6 is 23.1 Å². The van der Waals surface area contributed by atoms with Crippen LogP contribution in [-0.4, -0.2) is 29.7 Å². The Hall–Kier alpha value is -0.0300. The molecule has 4 heteroatoms. The van der Waals surface area contributed by atoms with E-state index in [4.69, 9.17) is 0 Å². The molecule has 15 heavy (non-hydrogen) atoms. The van der Waals surface area contributed by atoms with Gasteiger partial charge in [-0.25, -0.2) is 0 Å². The van der Waals surface area contributed by atoms with Crippen molar-refractivity contribution in [2.24, 2.45) is 5.92 Å². The van der Waals surface area contributed by atoms with Crippen LogP contribution in [-0.2, 0) is 0 Å². The second-order valence-corrected chi connectivity index (χ2v) is 6.05. The normalized spacial score (nSPS) is 23.1. The Labute approximate surface area is 99.1 Å². The van der Waals surface area contributed by atoms with Gasteiger partial charge in [0, 0.05) is 11.4 Å². The molecule has 0 spiro atoms. The number of thioether (sulfide) groups is 1. The first-order valence-electron chi connectivity index (χ1n) is 5.36. The third-order valence-electron chi connectivity index (χ3n) is 2.67. The minimum absolute atomic E-state index is 0.334. The van der Waals surface area contributed by atoms with Gasteiger partial charge < -0.3 is 10.4 Å². The SMILES string of the molecule is OC(CNCC1CCSC1)c1cccs1. The van der Waals surface area contributed by atoms with Gasteiger partial charge in [-0.1, -0.05) is 6.07 Å². The molecule has 1 aromatic rings. The fraction of sp³-hybridized carbons (Fsp3) is 0.636. The Bertz CT molecular complexity index is 270. The van der Waals surface area contributed by atoms with Crippen LogP contribution in [0.2, 0.25) is 0 Å². The van der Waals surface area contributed by atoms with E-state index in [-0.39, 0.29) is 6.10 Å². The Morgan fingerprint density at radius 2 is 2.53 bits per heavy atom. The molecule has 2 unspecified atom stereocenters. The fourth-order valence-electron chi connectivity index (χ4n) is 1.75. The third kappa shape index (κ3) is 3.48. The monoisotopic (exact) mass is 243 g/mol. The third-order valence-corrected chi connectivity index (χ3v) is 4.87. The van der Waals surface area contributed by atoms with Gasteiger partial charge in [0.05, 0.1) is 0 Å². The molecular formula is C11H17NOS2. The van der Waals surface area contributed by atoms with Crippen LogP contribution in [0.3, 0.4) is 0 Å². The smallest absolute Gasteiger partial charge is 0.101 e. The van der Waals surface area contributed by atoms with Crippen LogP contribution < -0.4 is 5.32 Å². The number of thiophene rings is 1. The van der Waals surface area contributed by atoms with Crippen molar-refractivity contribution in [2.75, 3.05) is 24.6 Å². The van der Waals surface area contributed by atoms with Crippen LogP contribution in [0.15, 0.2) is 17.5 Å². The van der Waals surface area contributed by atoms with Crippen molar-refractivity contribution in [3.8, 4) is 0 Å². The Kier molecular flexibility index (Phi) is 4.50. The molecule has 1 aliphatic rings. The molecule has 0 radical (unpaired) electrons. The molecule has 0 aromatic carbocycles. The average molecular weight is 243 g/mol. The van der Waals surface area contributed by atoms with E-state index in [1.165, 1.54) is 17.9 Å². The predicted molar refractivity (Wildman–Crippen MR) is 67.6 cm³/mol. The summed E-state index contributed by atoms with van der Waals surface area (Å²) in [6.45, 7) is 1.73. The highest BCUT2D eigenvalue weighted by Gasteiger charge is 2.15. The lowest BCUT2D eigenvalue weighted by Gasteiger charge is -2.13. The molecular weight excluding hydrogens is 226 g/mol. The summed E-state index contributed by atoms with van der Waals surface area (Å²) in [5.41, 5.74) is 0. The van der Waals surface area contributed by atoms with Gasteiger partial charge in [0.1, 0.15) is 6.10 Å². The lowest BCUT2D eigenvalue weighted by Crippen LogP contribution is -2.27. The van der Waals surface area contributed by atoms with Crippen LogP contribution in [0.1, 0.15) is 17.4 Å². The molecule has 1 aromatic heterocycles. The fourth-order valence-corrected chi connectivity index (χ4v) is 3.75. The molecule has 1 aliphatic heterocycles. The first-order chi connectivity index (χ1) is 7.36. The van der Waals surface area contributed by atoms with Gasteiger partial charge in [0.2, 0.25) is 0 Å². The quantitative estimate of drug-likeness (QED) is 0.831. The van der Waals surface area contributed by atoms with Gasteiger partial charge in [0.15, 0.2) is 0 Å². The molecule has 0 aliphatic carbocycles. The summed E-state index contributed by atoms with van der Waals surface area (Å²) in [4.78, 5) is 1.06. The summed E-state index contributed by atoms with van der Waals surface area (Å²) in [5.74, 6) is 3.40. The highest BCUT2D eigenvalue weighted by Crippen LogP contribution is 2.23. The molecule has 84 valence electrons. The number of hydrogen-bond donors (Lipinski definition) is 2. The first-order valence-corrected chi connectivity index (χ1v) is 7.39. The van der Waals surface area contributed by atoms with E-state index in [0.717, 1.165) is 17.3 Å². The molecule has 2 nitrogen and oxygen atoms in total. The maximum absolute atomic E-state index is 9.83. The highest BCUT2D eigenvalue weighted by molar-refractivity contribution is 7.99. The van der Waals surface area contributed by atoms with E-state index in [1.807, 2.05) is 29.3 Å².